The van der Waals surface area contributed by atoms with Crippen LogP contribution in [0.4, 0.5) is 0 Å². The number of carboxylic acids is 1. The predicted octanol–water partition coefficient (Wildman–Crippen LogP) is 5.99. The van der Waals surface area contributed by atoms with Gasteiger partial charge in [-0.1, -0.05) is 67.6 Å². The van der Waals surface area contributed by atoms with E-state index in [2.05, 4.69) is 18.2 Å². The summed E-state index contributed by atoms with van der Waals surface area (Å²) in [4.78, 5) is 10.3. The van der Waals surface area contributed by atoms with Crippen molar-refractivity contribution >= 4 is 5.97 Å². The zero-order chi connectivity index (χ0) is 20.6. The van der Waals surface area contributed by atoms with Crippen molar-refractivity contribution in [1.29, 1.82) is 0 Å². The van der Waals surface area contributed by atoms with Crippen molar-refractivity contribution < 1.29 is 16.8 Å². The van der Waals surface area contributed by atoms with Crippen molar-refractivity contribution in [1.82, 2.24) is 0 Å². The molecule has 22 heavy (non-hydrogen) atoms. The fourth-order valence-corrected chi connectivity index (χ4v) is 1.60. The normalized spacial score (nSPS) is 17.4. The number of carboxylic acid groups (broad SMARTS) is 1. The van der Waals surface area contributed by atoms with E-state index < -0.39 is 19.2 Å². The van der Waals surface area contributed by atoms with Gasteiger partial charge in [0.25, 0.3) is 0 Å². The van der Waals surface area contributed by atoms with Crippen LogP contribution in [0.3, 0.4) is 0 Å². The van der Waals surface area contributed by atoms with E-state index in [0.717, 1.165) is 31.8 Å². The van der Waals surface area contributed by atoms with E-state index in [4.69, 9.17) is 12.0 Å². The van der Waals surface area contributed by atoms with Crippen molar-refractivity contribution in [3.05, 3.63) is 60.8 Å². The maximum Gasteiger partial charge on any atom is 0.303 e. The minimum absolute atomic E-state index is 0.215. The number of hydrogen-bond donors (Lipinski definition) is 1. The smallest absolute Gasteiger partial charge is 0.303 e. The van der Waals surface area contributed by atoms with Gasteiger partial charge in [-0.25, -0.2) is 0 Å². The van der Waals surface area contributed by atoms with Crippen LogP contribution >= 0.6 is 0 Å². The van der Waals surface area contributed by atoms with Crippen LogP contribution in [0.5, 0.6) is 0 Å². The van der Waals surface area contributed by atoms with Crippen LogP contribution in [-0.4, -0.2) is 11.1 Å². The molecule has 2 heteroatoms. The van der Waals surface area contributed by atoms with E-state index in [0.29, 0.717) is 12.8 Å². The van der Waals surface area contributed by atoms with Crippen LogP contribution in [0.15, 0.2) is 60.8 Å². The minimum atomic E-state index is -2.64. The molecule has 0 fully saturated rings. The van der Waals surface area contributed by atoms with Gasteiger partial charge >= 0.3 is 5.97 Å². The first-order chi connectivity index (χ1) is 12.7. The average Bonchev–Trinajstić information content (AvgIpc) is 2.56. The van der Waals surface area contributed by atoms with Gasteiger partial charge in [-0.2, -0.15) is 0 Å². The molecule has 0 aromatic rings. The fourth-order valence-electron chi connectivity index (χ4n) is 1.60. The molecule has 0 aliphatic rings. The highest BCUT2D eigenvalue weighted by Gasteiger charge is 1.92. The van der Waals surface area contributed by atoms with Crippen LogP contribution < -0.4 is 0 Å². The van der Waals surface area contributed by atoms with Crippen molar-refractivity contribution in [3.63, 3.8) is 0 Å². The molecule has 0 unspecified atom stereocenters. The molecule has 0 spiro atoms. The van der Waals surface area contributed by atoms with E-state index in [1.807, 2.05) is 30.4 Å². The van der Waals surface area contributed by atoms with Crippen molar-refractivity contribution in [3.8, 4) is 0 Å². The van der Waals surface area contributed by atoms with Gasteiger partial charge in [0, 0.05) is 13.3 Å². The summed E-state index contributed by atoms with van der Waals surface area (Å²) in [5, 5.41) is 8.50. The van der Waals surface area contributed by atoms with Gasteiger partial charge in [-0.05, 0) is 44.9 Å². The maximum absolute atomic E-state index is 10.3. The summed E-state index contributed by atoms with van der Waals surface area (Å²) in [7, 11) is 0. The van der Waals surface area contributed by atoms with Crippen molar-refractivity contribution in [2.24, 2.45) is 0 Å². The van der Waals surface area contributed by atoms with Crippen LogP contribution in [0.25, 0.3) is 0 Å². The van der Waals surface area contributed by atoms with E-state index in [1.54, 1.807) is 0 Å². The SMILES string of the molecule is [2H]C([2H])([2H])C([2H])([2H])/C=C/C/C=C/C/C=C/C/C=C/C/C=C/CCCC(=O)O. The third-order valence-electron chi connectivity index (χ3n) is 2.72. The molecule has 122 valence electrons. The largest absolute Gasteiger partial charge is 0.481 e. The molecule has 0 heterocycles. The second kappa shape index (κ2) is 17.2. The maximum atomic E-state index is 10.3. The van der Waals surface area contributed by atoms with E-state index >= 15 is 0 Å². The Balaban J connectivity index is 3.76. The van der Waals surface area contributed by atoms with Gasteiger partial charge < -0.3 is 5.11 Å². The molecule has 0 radical (unpaired) electrons. The van der Waals surface area contributed by atoms with Gasteiger partial charge in [-0.15, -0.1) is 0 Å². The van der Waals surface area contributed by atoms with Gasteiger partial charge in [0.05, 0.1) is 0 Å². The quantitative estimate of drug-likeness (QED) is 0.335. The Labute approximate surface area is 142 Å². The summed E-state index contributed by atoms with van der Waals surface area (Å²) in [5.41, 5.74) is 0. The summed E-state index contributed by atoms with van der Waals surface area (Å²) in [6.07, 6.45) is 21.1. The molecule has 0 aromatic carbocycles. The van der Waals surface area contributed by atoms with Crippen LogP contribution in [0.2, 0.25) is 0 Å². The van der Waals surface area contributed by atoms with Gasteiger partial charge in [0.1, 0.15) is 0 Å². The number of unbranched alkanes of at least 4 members (excludes halogenated alkanes) is 1. The second-order valence-electron chi connectivity index (χ2n) is 4.66. The van der Waals surface area contributed by atoms with Crippen LogP contribution in [0.1, 0.15) is 65.0 Å². The molecule has 0 saturated carbocycles. The van der Waals surface area contributed by atoms with Gasteiger partial charge in [0.15, 0.2) is 0 Å². The molecular formula is C20H30O2. The first-order valence-corrected chi connectivity index (χ1v) is 7.66. The molecule has 1 N–H and O–H groups in total. The van der Waals surface area contributed by atoms with E-state index in [1.165, 1.54) is 6.08 Å². The molecule has 0 bridgehead atoms. The van der Waals surface area contributed by atoms with Crippen molar-refractivity contribution in [2.45, 2.75) is 58.2 Å². The summed E-state index contributed by atoms with van der Waals surface area (Å²) < 4.78 is 36.1. The highest BCUT2D eigenvalue weighted by Crippen LogP contribution is 1.99. The zero-order valence-electron chi connectivity index (χ0n) is 18.1. The Morgan fingerprint density at radius 2 is 1.32 bits per heavy atom. The minimum Gasteiger partial charge on any atom is -0.481 e. The number of rotatable bonds is 13. The highest BCUT2D eigenvalue weighted by atomic mass is 16.4. The zero-order valence-corrected chi connectivity index (χ0v) is 13.1. The molecule has 2 nitrogen and oxygen atoms in total. The average molecular weight is 307 g/mol. The number of hydrogen-bond acceptors (Lipinski definition) is 1. The molecule has 0 saturated heterocycles. The van der Waals surface area contributed by atoms with Gasteiger partial charge in [0.2, 0.25) is 0 Å². The lowest BCUT2D eigenvalue weighted by atomic mass is 10.2. The Hall–Kier alpha value is -1.83. The van der Waals surface area contributed by atoms with E-state index in [9.17, 15) is 4.79 Å². The lowest BCUT2D eigenvalue weighted by Crippen LogP contribution is -1.92. The topological polar surface area (TPSA) is 37.3 Å². The summed E-state index contributed by atoms with van der Waals surface area (Å²) >= 11 is 0. The first kappa shape index (κ1) is 12.7. The Kier molecular flexibility index (Phi) is 9.93. The summed E-state index contributed by atoms with van der Waals surface area (Å²) in [5.74, 6) is -0.752. The highest BCUT2D eigenvalue weighted by molar-refractivity contribution is 5.66. The lowest BCUT2D eigenvalue weighted by molar-refractivity contribution is -0.137. The molecule has 0 rings (SSSR count). The molecule has 0 aliphatic carbocycles. The molecule has 0 amide bonds. The van der Waals surface area contributed by atoms with Crippen molar-refractivity contribution in [2.75, 3.05) is 0 Å². The molecule has 0 atom stereocenters. The monoisotopic (exact) mass is 307 g/mol. The molecule has 0 aromatic heterocycles. The molecule has 0 aliphatic heterocycles. The second-order valence-corrected chi connectivity index (χ2v) is 4.66. The Morgan fingerprint density at radius 3 is 1.77 bits per heavy atom. The lowest BCUT2D eigenvalue weighted by Gasteiger charge is -1.89. The number of carbonyl (C=O) groups is 1. The first-order valence-electron chi connectivity index (χ1n) is 10.2. The Bertz CT molecular complexity index is 555. The van der Waals surface area contributed by atoms with Crippen LogP contribution in [0, 0.1) is 0 Å². The third kappa shape index (κ3) is 18.2. The summed E-state index contributed by atoms with van der Waals surface area (Å²) in [6, 6.07) is 0. The standard InChI is InChI=1S/C20H30O2/c1-2-3-4-5-6-7-8-9-10-11-12-13-14-15-16-17-18-19-20(21)22/h3-4,6-7,9-10,12-13,15-16H,2,5,8,11,14,17-19H2,1H3,(H,21,22)/b4-3+,7-6+,10-9+,13-12+,16-15+/i1D3,2D2. The van der Waals surface area contributed by atoms with Crippen LogP contribution in [-0.2, 0) is 4.79 Å². The Morgan fingerprint density at radius 1 is 0.864 bits per heavy atom. The predicted molar refractivity (Wildman–Crippen MR) is 95.9 cm³/mol. The van der Waals surface area contributed by atoms with E-state index in [-0.39, 0.29) is 6.42 Å². The number of aliphatic carboxylic acids is 1. The third-order valence-corrected chi connectivity index (χ3v) is 2.72. The molecular weight excluding hydrogens is 272 g/mol. The fraction of sp³-hybridized carbons (Fsp3) is 0.450. The van der Waals surface area contributed by atoms with Gasteiger partial charge in [-0.3, -0.25) is 4.79 Å². The number of allylic oxidation sites excluding steroid dienone is 10. The summed E-state index contributed by atoms with van der Waals surface area (Å²) in [6.45, 7) is -2.64.